The van der Waals surface area contributed by atoms with Crippen LogP contribution in [0.3, 0.4) is 0 Å². The molecule has 0 spiro atoms. The van der Waals surface area contributed by atoms with E-state index in [0.717, 1.165) is 11.1 Å². The van der Waals surface area contributed by atoms with Crippen molar-refractivity contribution in [3.8, 4) is 11.1 Å². The summed E-state index contributed by atoms with van der Waals surface area (Å²) in [6, 6.07) is 20.8. The van der Waals surface area contributed by atoms with E-state index in [9.17, 15) is 14.3 Å². The minimum Gasteiger partial charge on any atom is -0.459 e. The molecule has 0 saturated carbocycles. The van der Waals surface area contributed by atoms with Crippen LogP contribution in [0.25, 0.3) is 16.7 Å². The summed E-state index contributed by atoms with van der Waals surface area (Å²) in [5, 5.41) is 11.9. The fourth-order valence-corrected chi connectivity index (χ4v) is 3.29. The molecule has 0 aromatic heterocycles. The largest absolute Gasteiger partial charge is 0.459 e. The van der Waals surface area contributed by atoms with Gasteiger partial charge >= 0.3 is 5.97 Å². The summed E-state index contributed by atoms with van der Waals surface area (Å²) in [6.45, 7) is 4.03. The molecule has 3 N–H and O–H groups in total. The Labute approximate surface area is 191 Å². The van der Waals surface area contributed by atoms with Gasteiger partial charge in [0.2, 0.25) is 0 Å². The predicted octanol–water partition coefficient (Wildman–Crippen LogP) is 4.44. The van der Waals surface area contributed by atoms with E-state index in [0.29, 0.717) is 21.7 Å². The van der Waals surface area contributed by atoms with E-state index in [1.807, 2.05) is 30.3 Å². The second-order valence-corrected chi connectivity index (χ2v) is 7.78. The van der Waals surface area contributed by atoms with Crippen LogP contribution in [0.4, 0.5) is 4.39 Å². The van der Waals surface area contributed by atoms with Crippen molar-refractivity contribution in [2.45, 2.75) is 12.6 Å². The third kappa shape index (κ3) is 6.48. The molecule has 166 valence electrons. The van der Waals surface area contributed by atoms with Crippen LogP contribution >= 0.6 is 11.6 Å². The summed E-state index contributed by atoms with van der Waals surface area (Å²) >= 11 is 5.96. The van der Waals surface area contributed by atoms with Crippen molar-refractivity contribution in [3.63, 3.8) is 0 Å². The number of aliphatic hydroxyl groups excluding tert-OH is 1. The normalized spacial score (nSPS) is 11.9. The van der Waals surface area contributed by atoms with E-state index >= 15 is 0 Å². The van der Waals surface area contributed by atoms with Gasteiger partial charge in [-0.15, -0.1) is 0 Å². The number of ether oxygens (including phenoxy) is 1. The zero-order valence-corrected chi connectivity index (χ0v) is 18.1. The first-order valence-corrected chi connectivity index (χ1v) is 10.3. The second-order valence-electron chi connectivity index (χ2n) is 7.34. The maximum atomic E-state index is 14.0. The molecular weight excluding hydrogens is 431 g/mol. The minimum atomic E-state index is -1.40. The van der Waals surface area contributed by atoms with Gasteiger partial charge in [-0.25, -0.2) is 14.2 Å². The van der Waals surface area contributed by atoms with Gasteiger partial charge in [-0.3, -0.25) is 5.84 Å². The zero-order valence-electron chi connectivity index (χ0n) is 17.4. The fourth-order valence-electron chi connectivity index (χ4n) is 3.12. The molecule has 7 heteroatoms. The zero-order chi connectivity index (χ0) is 23.1. The van der Waals surface area contributed by atoms with Gasteiger partial charge in [-0.2, -0.15) is 0 Å². The van der Waals surface area contributed by atoms with Gasteiger partial charge in [0.05, 0.1) is 6.54 Å². The topological polar surface area (TPSA) is 75.8 Å². The number of rotatable bonds is 9. The van der Waals surface area contributed by atoms with Gasteiger partial charge in [-0.1, -0.05) is 72.8 Å². The highest BCUT2D eigenvalue weighted by atomic mass is 35.5. The smallest absolute Gasteiger partial charge is 0.336 e. The Hall–Kier alpha value is -3.03. The minimum absolute atomic E-state index is 0.0218. The molecule has 3 aromatic carbocycles. The van der Waals surface area contributed by atoms with Crippen LogP contribution in [-0.2, 0) is 16.1 Å². The van der Waals surface area contributed by atoms with Crippen LogP contribution in [-0.4, -0.2) is 35.3 Å². The van der Waals surface area contributed by atoms with Gasteiger partial charge < -0.3 is 9.84 Å². The lowest BCUT2D eigenvalue weighted by atomic mass is 10.0. The summed E-state index contributed by atoms with van der Waals surface area (Å²) in [4.78, 5) is 12.1. The SMILES string of the molecule is C=C(COC(=O)[C@H](O)CN(N)Cc1ccc(-c2cc(Cl)ccc2F)cc1)c1ccccc1. The predicted molar refractivity (Wildman–Crippen MR) is 124 cm³/mol. The van der Waals surface area contributed by atoms with Crippen LogP contribution in [0.1, 0.15) is 11.1 Å². The molecule has 5 nitrogen and oxygen atoms in total. The van der Waals surface area contributed by atoms with Gasteiger partial charge in [0.1, 0.15) is 12.4 Å². The lowest BCUT2D eigenvalue weighted by molar-refractivity contribution is -0.153. The number of hydrogen-bond acceptors (Lipinski definition) is 5. The molecule has 1 atom stereocenters. The van der Waals surface area contributed by atoms with Crippen molar-refractivity contribution in [1.82, 2.24) is 5.01 Å². The standard InChI is InChI=1S/C25H24ClFN2O3/c1-17(19-5-3-2-4-6-19)16-32-25(31)24(30)15-29(28)14-18-7-9-20(10-8-18)22-13-21(26)11-12-23(22)27/h2-13,24,30H,1,14-16,28H2/t24-/m1/s1. The first kappa shape index (κ1) is 23.6. The van der Waals surface area contributed by atoms with Gasteiger partial charge in [-0.05, 0) is 40.5 Å². The van der Waals surface area contributed by atoms with E-state index in [1.54, 1.807) is 30.3 Å². The number of nitrogens with two attached hydrogens (primary N) is 1. The Morgan fingerprint density at radius 3 is 2.50 bits per heavy atom. The van der Waals surface area contributed by atoms with Crippen LogP contribution in [0.5, 0.6) is 0 Å². The number of hydrogen-bond donors (Lipinski definition) is 2. The summed E-state index contributed by atoms with van der Waals surface area (Å²) in [5.74, 6) is 4.82. The van der Waals surface area contributed by atoms with Gasteiger partial charge in [0.25, 0.3) is 0 Å². The van der Waals surface area contributed by atoms with Crippen LogP contribution < -0.4 is 5.84 Å². The lowest BCUT2D eigenvalue weighted by Crippen LogP contribution is -2.41. The third-order valence-electron chi connectivity index (χ3n) is 4.83. The second kappa shape index (κ2) is 11.0. The summed E-state index contributed by atoms with van der Waals surface area (Å²) < 4.78 is 19.2. The lowest BCUT2D eigenvalue weighted by Gasteiger charge is -2.20. The van der Waals surface area contributed by atoms with E-state index in [4.69, 9.17) is 22.2 Å². The van der Waals surface area contributed by atoms with E-state index in [-0.39, 0.29) is 25.5 Å². The molecule has 32 heavy (non-hydrogen) atoms. The molecule has 3 aromatic rings. The average Bonchev–Trinajstić information content (AvgIpc) is 2.79. The Morgan fingerprint density at radius 1 is 1.12 bits per heavy atom. The Morgan fingerprint density at radius 2 is 1.81 bits per heavy atom. The summed E-state index contributed by atoms with van der Waals surface area (Å²) in [6.07, 6.45) is -1.40. The van der Waals surface area contributed by atoms with Gasteiger partial charge in [0.15, 0.2) is 6.10 Å². The number of hydrazine groups is 1. The van der Waals surface area contributed by atoms with Crippen molar-refractivity contribution >= 4 is 23.1 Å². The van der Waals surface area contributed by atoms with E-state index in [2.05, 4.69) is 6.58 Å². The molecule has 3 rings (SSSR count). The molecule has 0 aliphatic carbocycles. The monoisotopic (exact) mass is 454 g/mol. The molecule has 0 saturated heterocycles. The first-order valence-electron chi connectivity index (χ1n) is 9.95. The molecule has 0 fully saturated rings. The van der Waals surface area contributed by atoms with Crippen LogP contribution in [0, 0.1) is 5.82 Å². The summed E-state index contributed by atoms with van der Waals surface area (Å²) in [5.41, 5.74) is 3.41. The highest BCUT2D eigenvalue weighted by Gasteiger charge is 2.20. The van der Waals surface area contributed by atoms with Crippen molar-refractivity contribution in [2.24, 2.45) is 5.84 Å². The highest BCUT2D eigenvalue weighted by Crippen LogP contribution is 2.26. The quantitative estimate of drug-likeness (QED) is 0.284. The van der Waals surface area contributed by atoms with E-state index < -0.39 is 12.1 Å². The third-order valence-corrected chi connectivity index (χ3v) is 5.06. The number of carbonyl (C=O) groups excluding carboxylic acids is 1. The van der Waals surface area contributed by atoms with Crippen LogP contribution in [0.15, 0.2) is 79.4 Å². The molecular formula is C25H24ClFN2O3. The Bertz CT molecular complexity index is 1070. The van der Waals surface area contributed by atoms with Crippen molar-refractivity contribution in [1.29, 1.82) is 0 Å². The number of halogens is 2. The highest BCUT2D eigenvalue weighted by molar-refractivity contribution is 6.30. The number of esters is 1. The average molecular weight is 455 g/mol. The van der Waals surface area contributed by atoms with Crippen molar-refractivity contribution in [3.05, 3.63) is 101 Å². The maximum absolute atomic E-state index is 14.0. The molecule has 0 bridgehead atoms. The molecule has 0 aliphatic rings. The van der Waals surface area contributed by atoms with Crippen LogP contribution in [0.2, 0.25) is 5.02 Å². The molecule has 0 unspecified atom stereocenters. The number of aliphatic hydroxyl groups is 1. The summed E-state index contributed by atoms with van der Waals surface area (Å²) in [7, 11) is 0. The van der Waals surface area contributed by atoms with Gasteiger partial charge in [0, 0.05) is 17.1 Å². The molecule has 0 aliphatic heterocycles. The Kier molecular flexibility index (Phi) is 8.14. The Balaban J connectivity index is 1.50. The molecule has 0 amide bonds. The number of carbonyl (C=O) groups is 1. The van der Waals surface area contributed by atoms with E-state index in [1.165, 1.54) is 17.1 Å². The maximum Gasteiger partial charge on any atom is 0.336 e. The van der Waals surface area contributed by atoms with Crippen molar-refractivity contribution in [2.75, 3.05) is 13.2 Å². The number of benzene rings is 3. The molecule has 0 radical (unpaired) electrons. The molecule has 0 heterocycles. The number of nitrogens with zero attached hydrogens (tertiary/aromatic N) is 1. The van der Waals surface area contributed by atoms with Crippen molar-refractivity contribution < 1.29 is 19.0 Å². The first-order chi connectivity index (χ1) is 15.3. The fraction of sp³-hybridized carbons (Fsp3) is 0.160.